The largest absolute Gasteiger partial charge is 0.416 e. The summed E-state index contributed by atoms with van der Waals surface area (Å²) in [4.78, 5) is 12.4. The van der Waals surface area contributed by atoms with Crippen LogP contribution >= 0.6 is 12.4 Å². The number of halogens is 4. The van der Waals surface area contributed by atoms with Gasteiger partial charge in [-0.25, -0.2) is 0 Å². The van der Waals surface area contributed by atoms with Gasteiger partial charge in [0.2, 0.25) is 5.91 Å². The summed E-state index contributed by atoms with van der Waals surface area (Å²) in [5.41, 5.74) is 7.46. The zero-order valence-corrected chi connectivity index (χ0v) is 17.2. The number of nitrogens with one attached hydrogen (secondary N) is 1. The third kappa shape index (κ3) is 5.97. The van der Waals surface area contributed by atoms with Crippen molar-refractivity contribution < 1.29 is 18.0 Å². The van der Waals surface area contributed by atoms with Crippen LogP contribution in [-0.4, -0.2) is 15.7 Å². The monoisotopic (exact) mass is 418 g/mol. The molecule has 0 aliphatic rings. The lowest BCUT2D eigenvalue weighted by Gasteiger charge is -2.13. The molecule has 0 radical (unpaired) electrons. The minimum atomic E-state index is -4.50. The Kier molecular flexibility index (Phi) is 8.07. The second-order valence-corrected chi connectivity index (χ2v) is 7.07. The number of carbonyl (C=O) groups is 1. The number of benzene rings is 1. The number of aryl methyl sites for hydroxylation is 1. The van der Waals surface area contributed by atoms with Gasteiger partial charge >= 0.3 is 6.18 Å². The van der Waals surface area contributed by atoms with E-state index in [1.807, 2.05) is 18.5 Å². The molecule has 2 rings (SSSR count). The average molecular weight is 419 g/mol. The summed E-state index contributed by atoms with van der Waals surface area (Å²) < 4.78 is 40.9. The molecule has 1 aromatic heterocycles. The number of nitrogens with two attached hydrogens (primary N) is 1. The molecule has 9 heteroatoms. The summed E-state index contributed by atoms with van der Waals surface area (Å²) in [6.07, 6.45) is -4.46. The van der Waals surface area contributed by atoms with E-state index in [2.05, 4.69) is 24.3 Å². The van der Waals surface area contributed by atoms with Gasteiger partial charge in [0.1, 0.15) is 0 Å². The number of hydrogen-bond donors (Lipinski definition) is 2. The molecule has 3 N–H and O–H groups in total. The molecule has 0 aliphatic heterocycles. The quantitative estimate of drug-likeness (QED) is 0.737. The van der Waals surface area contributed by atoms with Crippen LogP contribution in [0.25, 0.3) is 0 Å². The fraction of sp³-hybridized carbons (Fsp3) is 0.474. The number of carbonyl (C=O) groups excluding carboxylic acids is 1. The van der Waals surface area contributed by atoms with Crippen molar-refractivity contribution >= 4 is 24.0 Å². The maximum absolute atomic E-state index is 13.0. The maximum atomic E-state index is 13.0. The fourth-order valence-electron chi connectivity index (χ4n) is 2.92. The van der Waals surface area contributed by atoms with Crippen LogP contribution in [0, 0.1) is 19.8 Å². The summed E-state index contributed by atoms with van der Waals surface area (Å²) in [5.74, 6) is 0.0112. The third-order valence-corrected chi connectivity index (χ3v) is 4.25. The van der Waals surface area contributed by atoms with Crippen molar-refractivity contribution in [2.45, 2.75) is 53.4 Å². The van der Waals surface area contributed by atoms with Gasteiger partial charge in [-0.1, -0.05) is 13.8 Å². The highest BCUT2D eigenvalue weighted by atomic mass is 35.5. The first-order valence-corrected chi connectivity index (χ1v) is 8.75. The topological polar surface area (TPSA) is 72.9 Å². The first kappa shape index (κ1) is 24.0. The molecule has 1 heterocycles. The Labute approximate surface area is 168 Å². The summed E-state index contributed by atoms with van der Waals surface area (Å²) in [6.45, 7) is 8.55. The zero-order valence-electron chi connectivity index (χ0n) is 16.4. The van der Waals surface area contributed by atoms with Crippen LogP contribution in [0.2, 0.25) is 0 Å². The minimum absolute atomic E-state index is 0. The van der Waals surface area contributed by atoms with Crippen LogP contribution in [-0.2, 0) is 30.5 Å². The predicted molar refractivity (Wildman–Crippen MR) is 105 cm³/mol. The molecule has 156 valence electrons. The van der Waals surface area contributed by atoms with Gasteiger partial charge in [-0.3, -0.25) is 9.48 Å². The molecule has 0 saturated heterocycles. The second kappa shape index (κ2) is 9.43. The number of nitrogens with zero attached hydrogens (tertiary/aromatic N) is 2. The minimum Gasteiger partial charge on any atom is -0.326 e. The number of amides is 1. The normalized spacial score (nSPS) is 11.5. The SMILES string of the molecule is Cc1nn(CC(C)C)c(C)c1CC(=O)Nc1cc(CN)cc(C(F)(F)F)c1.Cl. The first-order valence-electron chi connectivity index (χ1n) is 8.75. The highest BCUT2D eigenvalue weighted by Gasteiger charge is 2.31. The summed E-state index contributed by atoms with van der Waals surface area (Å²) in [6, 6.07) is 3.36. The van der Waals surface area contributed by atoms with Crippen molar-refractivity contribution in [3.05, 3.63) is 46.3 Å². The summed E-state index contributed by atoms with van der Waals surface area (Å²) >= 11 is 0. The zero-order chi connectivity index (χ0) is 20.4. The van der Waals surface area contributed by atoms with Gasteiger partial charge in [-0.2, -0.15) is 18.3 Å². The van der Waals surface area contributed by atoms with Gasteiger partial charge in [-0.05, 0) is 43.5 Å². The van der Waals surface area contributed by atoms with Gasteiger partial charge in [0, 0.05) is 30.0 Å². The number of anilines is 1. The van der Waals surface area contributed by atoms with Crippen LogP contribution in [0.5, 0.6) is 0 Å². The van der Waals surface area contributed by atoms with Gasteiger partial charge < -0.3 is 11.1 Å². The van der Waals surface area contributed by atoms with Crippen molar-refractivity contribution in [2.24, 2.45) is 11.7 Å². The number of alkyl halides is 3. The smallest absolute Gasteiger partial charge is 0.326 e. The van der Waals surface area contributed by atoms with Crippen molar-refractivity contribution in [2.75, 3.05) is 5.32 Å². The molecule has 0 saturated carbocycles. The predicted octanol–water partition coefficient (Wildman–Crippen LogP) is 4.24. The lowest BCUT2D eigenvalue weighted by atomic mass is 10.1. The number of rotatable bonds is 6. The lowest BCUT2D eigenvalue weighted by molar-refractivity contribution is -0.137. The van der Waals surface area contributed by atoms with E-state index in [1.165, 1.54) is 6.07 Å². The first-order chi connectivity index (χ1) is 12.5. The van der Waals surface area contributed by atoms with Crippen LogP contribution in [0.4, 0.5) is 18.9 Å². The standard InChI is InChI=1S/C19H25F3N4O.ClH/c1-11(2)10-26-13(4)17(12(3)25-26)8-18(27)24-16-6-14(9-23)5-15(7-16)19(20,21)22;/h5-7,11H,8-10,23H2,1-4H3,(H,24,27);1H. The Bertz CT molecular complexity index is 831. The van der Waals surface area contributed by atoms with E-state index in [0.717, 1.165) is 35.6 Å². The van der Waals surface area contributed by atoms with Gasteiger partial charge in [-0.15, -0.1) is 12.4 Å². The highest BCUT2D eigenvalue weighted by molar-refractivity contribution is 5.92. The van der Waals surface area contributed by atoms with Crippen molar-refractivity contribution in [1.82, 2.24) is 9.78 Å². The summed E-state index contributed by atoms with van der Waals surface area (Å²) in [5, 5.41) is 7.01. The van der Waals surface area contributed by atoms with E-state index in [4.69, 9.17) is 5.73 Å². The van der Waals surface area contributed by atoms with Crippen LogP contribution in [0.1, 0.15) is 41.9 Å². The molecule has 1 aromatic carbocycles. The van der Waals surface area contributed by atoms with E-state index in [0.29, 0.717) is 11.5 Å². The van der Waals surface area contributed by atoms with Gasteiger partial charge in [0.25, 0.3) is 0 Å². The lowest BCUT2D eigenvalue weighted by Crippen LogP contribution is -2.17. The maximum Gasteiger partial charge on any atom is 0.416 e. The molecule has 1 amide bonds. The van der Waals surface area contributed by atoms with Crippen molar-refractivity contribution in [3.8, 4) is 0 Å². The molecule has 0 spiro atoms. The van der Waals surface area contributed by atoms with E-state index in [1.54, 1.807) is 0 Å². The van der Waals surface area contributed by atoms with Crippen molar-refractivity contribution in [1.29, 1.82) is 0 Å². The third-order valence-electron chi connectivity index (χ3n) is 4.25. The van der Waals surface area contributed by atoms with Crippen LogP contribution in [0.3, 0.4) is 0 Å². The van der Waals surface area contributed by atoms with Gasteiger partial charge in [0.05, 0.1) is 17.7 Å². The van der Waals surface area contributed by atoms with E-state index in [-0.39, 0.29) is 31.1 Å². The van der Waals surface area contributed by atoms with Crippen LogP contribution < -0.4 is 11.1 Å². The Balaban J connectivity index is 0.00000392. The van der Waals surface area contributed by atoms with E-state index in [9.17, 15) is 18.0 Å². The molecule has 0 bridgehead atoms. The molecule has 0 unspecified atom stereocenters. The second-order valence-electron chi connectivity index (χ2n) is 7.07. The Morgan fingerprint density at radius 2 is 1.89 bits per heavy atom. The molecular weight excluding hydrogens is 393 g/mol. The fourth-order valence-corrected chi connectivity index (χ4v) is 2.92. The Morgan fingerprint density at radius 1 is 1.25 bits per heavy atom. The highest BCUT2D eigenvalue weighted by Crippen LogP contribution is 2.32. The number of hydrogen-bond acceptors (Lipinski definition) is 3. The van der Waals surface area contributed by atoms with E-state index < -0.39 is 17.6 Å². The molecule has 0 fully saturated rings. The molecule has 5 nitrogen and oxygen atoms in total. The van der Waals surface area contributed by atoms with Crippen molar-refractivity contribution in [3.63, 3.8) is 0 Å². The Hall–Kier alpha value is -2.06. The molecule has 0 aliphatic carbocycles. The van der Waals surface area contributed by atoms with Gasteiger partial charge in [0.15, 0.2) is 0 Å². The number of aromatic nitrogens is 2. The summed E-state index contributed by atoms with van der Waals surface area (Å²) in [7, 11) is 0. The molecule has 2 aromatic rings. The average Bonchev–Trinajstić information content (AvgIpc) is 2.80. The van der Waals surface area contributed by atoms with Crippen LogP contribution in [0.15, 0.2) is 18.2 Å². The molecular formula is C19H26ClF3N4O. The Morgan fingerprint density at radius 3 is 2.43 bits per heavy atom. The molecule has 0 atom stereocenters. The molecule has 28 heavy (non-hydrogen) atoms. The van der Waals surface area contributed by atoms with E-state index >= 15 is 0 Å².